The Kier molecular flexibility index (Phi) is 3.95. The molecule has 1 unspecified atom stereocenters. The van der Waals surface area contributed by atoms with Gasteiger partial charge < -0.3 is 9.88 Å². The molecule has 3 aromatic rings. The summed E-state index contributed by atoms with van der Waals surface area (Å²) in [6.45, 7) is 5.34. The maximum absolute atomic E-state index is 12.9. The van der Waals surface area contributed by atoms with Crippen molar-refractivity contribution in [2.75, 3.05) is 13.1 Å². The van der Waals surface area contributed by atoms with Crippen molar-refractivity contribution in [1.29, 1.82) is 0 Å². The number of nitrogens with one attached hydrogen (secondary N) is 1. The fraction of sp³-hybridized carbons (Fsp3) is 0.368. The predicted molar refractivity (Wildman–Crippen MR) is 95.5 cm³/mol. The Balaban J connectivity index is 1.56. The summed E-state index contributed by atoms with van der Waals surface area (Å²) >= 11 is 0. The van der Waals surface area contributed by atoms with Gasteiger partial charge in [0, 0.05) is 37.0 Å². The second-order valence-corrected chi connectivity index (χ2v) is 6.73. The smallest absolute Gasteiger partial charge is 0.253 e. The molecule has 0 spiro atoms. The summed E-state index contributed by atoms with van der Waals surface area (Å²) in [4.78, 5) is 31.3. The van der Waals surface area contributed by atoms with Crippen LogP contribution in [0.3, 0.4) is 0 Å². The summed E-state index contributed by atoms with van der Waals surface area (Å²) in [7, 11) is 0. The normalized spacial score (nSPS) is 17.8. The minimum absolute atomic E-state index is 0.0689. The van der Waals surface area contributed by atoms with E-state index in [-0.39, 0.29) is 11.8 Å². The van der Waals surface area contributed by atoms with Gasteiger partial charge in [0.1, 0.15) is 5.82 Å². The van der Waals surface area contributed by atoms with Crippen molar-refractivity contribution in [3.8, 4) is 0 Å². The molecule has 4 rings (SSSR count). The van der Waals surface area contributed by atoms with Crippen LogP contribution in [0.15, 0.2) is 30.6 Å². The molecule has 2 aromatic heterocycles. The first-order valence-corrected chi connectivity index (χ1v) is 8.64. The molecule has 25 heavy (non-hydrogen) atoms. The highest BCUT2D eigenvalue weighted by Crippen LogP contribution is 2.26. The minimum atomic E-state index is 0.0689. The topological polar surface area (TPSA) is 74.8 Å². The molecule has 1 saturated heterocycles. The first-order valence-electron chi connectivity index (χ1n) is 8.64. The third kappa shape index (κ3) is 3.12. The second kappa shape index (κ2) is 6.27. The van der Waals surface area contributed by atoms with Crippen LogP contribution in [0.1, 0.15) is 46.3 Å². The molecule has 0 aliphatic carbocycles. The Hall–Kier alpha value is -2.76. The van der Waals surface area contributed by atoms with E-state index in [9.17, 15) is 4.79 Å². The number of aromatic amines is 1. The van der Waals surface area contributed by atoms with Crippen molar-refractivity contribution >= 4 is 16.9 Å². The third-order valence-corrected chi connectivity index (χ3v) is 4.75. The summed E-state index contributed by atoms with van der Waals surface area (Å²) in [6, 6.07) is 5.66. The van der Waals surface area contributed by atoms with E-state index in [0.29, 0.717) is 12.1 Å². The number of nitrogens with zero attached hydrogens (tertiary/aromatic N) is 4. The van der Waals surface area contributed by atoms with Crippen molar-refractivity contribution in [1.82, 2.24) is 24.8 Å². The second-order valence-electron chi connectivity index (χ2n) is 6.73. The number of likely N-dealkylation sites (tertiary alicyclic amines) is 1. The molecule has 3 heterocycles. The molecule has 0 saturated carbocycles. The molecule has 0 bridgehead atoms. The summed E-state index contributed by atoms with van der Waals surface area (Å²) in [5.74, 6) is 1.18. The van der Waals surface area contributed by atoms with Gasteiger partial charge in [-0.25, -0.2) is 4.98 Å². The van der Waals surface area contributed by atoms with Gasteiger partial charge in [0.15, 0.2) is 0 Å². The molecule has 6 heteroatoms. The number of rotatable bonds is 2. The van der Waals surface area contributed by atoms with Crippen LogP contribution in [0.4, 0.5) is 0 Å². The molecular weight excluding hydrogens is 314 g/mol. The van der Waals surface area contributed by atoms with Gasteiger partial charge in [-0.05, 0) is 44.9 Å². The third-order valence-electron chi connectivity index (χ3n) is 4.75. The standard InChI is InChI=1S/C19H21N5O/c1-12-9-20-10-18(21-12)15-4-3-7-24(11-15)19(25)14-5-6-16-17(8-14)23-13(2)22-16/h5-6,8-10,15H,3-4,7,11H2,1-2H3,(H,22,23). The van der Waals surface area contributed by atoms with Crippen LogP contribution in [0.25, 0.3) is 11.0 Å². The number of hydrogen-bond acceptors (Lipinski definition) is 4. The molecule has 1 amide bonds. The van der Waals surface area contributed by atoms with Crippen molar-refractivity contribution in [2.24, 2.45) is 0 Å². The van der Waals surface area contributed by atoms with E-state index in [4.69, 9.17) is 0 Å². The zero-order valence-corrected chi connectivity index (χ0v) is 14.5. The molecule has 128 valence electrons. The van der Waals surface area contributed by atoms with Gasteiger partial charge in [0.2, 0.25) is 0 Å². The maximum atomic E-state index is 12.9. The Morgan fingerprint density at radius 3 is 2.96 bits per heavy atom. The summed E-state index contributed by atoms with van der Waals surface area (Å²) < 4.78 is 0. The quantitative estimate of drug-likeness (QED) is 0.781. The Labute approximate surface area is 146 Å². The lowest BCUT2D eigenvalue weighted by Gasteiger charge is -2.32. The summed E-state index contributed by atoms with van der Waals surface area (Å²) in [6.07, 6.45) is 5.61. The molecule has 6 nitrogen and oxygen atoms in total. The van der Waals surface area contributed by atoms with Crippen molar-refractivity contribution in [3.63, 3.8) is 0 Å². The number of piperidine rings is 1. The van der Waals surface area contributed by atoms with Crippen LogP contribution in [0.2, 0.25) is 0 Å². The van der Waals surface area contributed by atoms with Gasteiger partial charge in [-0.15, -0.1) is 0 Å². The van der Waals surface area contributed by atoms with Crippen LogP contribution in [-0.4, -0.2) is 43.8 Å². The summed E-state index contributed by atoms with van der Waals surface area (Å²) in [5, 5.41) is 0. The van der Waals surface area contributed by atoms with Crippen molar-refractivity contribution in [3.05, 3.63) is 53.4 Å². The Bertz CT molecular complexity index is 932. The van der Waals surface area contributed by atoms with Crippen molar-refractivity contribution < 1.29 is 4.79 Å². The fourth-order valence-corrected chi connectivity index (χ4v) is 3.54. The van der Waals surface area contributed by atoms with Gasteiger partial charge in [-0.2, -0.15) is 0 Å². The van der Waals surface area contributed by atoms with Gasteiger partial charge in [0.25, 0.3) is 5.91 Å². The number of carbonyl (C=O) groups excluding carboxylic acids is 1. The largest absolute Gasteiger partial charge is 0.342 e. The number of H-pyrrole nitrogens is 1. The number of aryl methyl sites for hydroxylation is 2. The molecular formula is C19H21N5O. The lowest BCUT2D eigenvalue weighted by molar-refractivity contribution is 0.0706. The molecule has 1 aliphatic rings. The molecule has 1 aliphatic heterocycles. The molecule has 0 radical (unpaired) electrons. The number of benzene rings is 1. The highest BCUT2D eigenvalue weighted by molar-refractivity contribution is 5.97. The molecule has 1 fully saturated rings. The van der Waals surface area contributed by atoms with E-state index in [1.165, 1.54) is 0 Å². The van der Waals surface area contributed by atoms with Crippen LogP contribution in [-0.2, 0) is 0 Å². The van der Waals surface area contributed by atoms with Crippen LogP contribution in [0, 0.1) is 13.8 Å². The van der Waals surface area contributed by atoms with E-state index >= 15 is 0 Å². The van der Waals surface area contributed by atoms with E-state index in [0.717, 1.165) is 47.6 Å². The number of hydrogen-bond donors (Lipinski definition) is 1. The number of fused-ring (bicyclic) bond motifs is 1. The number of aromatic nitrogens is 4. The average Bonchev–Trinajstić information content (AvgIpc) is 3.00. The SMILES string of the molecule is Cc1cncc(C2CCCN(C(=O)c3ccc4nc(C)[nH]c4c3)C2)n1. The molecule has 1 atom stereocenters. The highest BCUT2D eigenvalue weighted by Gasteiger charge is 2.26. The maximum Gasteiger partial charge on any atom is 0.253 e. The van der Waals surface area contributed by atoms with Crippen molar-refractivity contribution in [2.45, 2.75) is 32.6 Å². The number of carbonyl (C=O) groups is 1. The first-order chi connectivity index (χ1) is 12.1. The Morgan fingerprint density at radius 2 is 2.12 bits per heavy atom. The minimum Gasteiger partial charge on any atom is -0.342 e. The zero-order valence-electron chi connectivity index (χ0n) is 14.5. The van der Waals surface area contributed by atoms with Gasteiger partial charge >= 0.3 is 0 Å². The fourth-order valence-electron chi connectivity index (χ4n) is 3.54. The number of amides is 1. The predicted octanol–water partition coefficient (Wildman–Crippen LogP) is 2.99. The lowest BCUT2D eigenvalue weighted by atomic mass is 9.94. The average molecular weight is 335 g/mol. The van der Waals surface area contributed by atoms with Gasteiger partial charge in [0.05, 0.1) is 22.4 Å². The van der Waals surface area contributed by atoms with E-state index in [1.54, 1.807) is 6.20 Å². The zero-order chi connectivity index (χ0) is 17.4. The lowest BCUT2D eigenvalue weighted by Crippen LogP contribution is -2.39. The summed E-state index contributed by atoms with van der Waals surface area (Å²) in [5.41, 5.74) is 4.40. The van der Waals surface area contributed by atoms with Crippen LogP contribution < -0.4 is 0 Å². The number of imidazole rings is 1. The van der Waals surface area contributed by atoms with Gasteiger partial charge in [-0.3, -0.25) is 14.8 Å². The van der Waals surface area contributed by atoms with Crippen LogP contribution in [0.5, 0.6) is 0 Å². The molecule has 1 aromatic carbocycles. The first kappa shape index (κ1) is 15.7. The molecule has 1 N–H and O–H groups in total. The van der Waals surface area contributed by atoms with Gasteiger partial charge in [-0.1, -0.05) is 0 Å². The Morgan fingerprint density at radius 1 is 1.24 bits per heavy atom. The van der Waals surface area contributed by atoms with Crippen LogP contribution >= 0.6 is 0 Å². The van der Waals surface area contributed by atoms with E-state index in [2.05, 4.69) is 19.9 Å². The van der Waals surface area contributed by atoms with E-state index < -0.39 is 0 Å². The monoisotopic (exact) mass is 335 g/mol. The van der Waals surface area contributed by atoms with E-state index in [1.807, 2.05) is 43.1 Å². The highest BCUT2D eigenvalue weighted by atomic mass is 16.2.